The molecule has 1 aliphatic heterocycles. The zero-order chi connectivity index (χ0) is 20.9. The molecule has 4 rings (SSSR count). The number of fused-ring (bicyclic) bond motifs is 1. The number of likely N-dealkylation sites (tertiary alicyclic amines) is 1. The summed E-state index contributed by atoms with van der Waals surface area (Å²) in [5, 5.41) is 11.2. The molecule has 2 unspecified atom stereocenters. The van der Waals surface area contributed by atoms with E-state index in [2.05, 4.69) is 27.8 Å². The van der Waals surface area contributed by atoms with E-state index in [1.54, 1.807) is 30.2 Å². The number of hydrogen-bond acceptors (Lipinski definition) is 5. The summed E-state index contributed by atoms with van der Waals surface area (Å²) in [5.41, 5.74) is 3.52. The number of anilines is 1. The first-order chi connectivity index (χ1) is 14.6. The Labute approximate surface area is 180 Å². The van der Waals surface area contributed by atoms with E-state index in [0.717, 1.165) is 37.1 Å². The number of nitrogens with zero attached hydrogens (tertiary/aromatic N) is 2. The van der Waals surface area contributed by atoms with E-state index >= 15 is 0 Å². The summed E-state index contributed by atoms with van der Waals surface area (Å²) in [6.07, 6.45) is 3.77. The van der Waals surface area contributed by atoms with Gasteiger partial charge in [-0.05, 0) is 59.9 Å². The van der Waals surface area contributed by atoms with E-state index in [0.29, 0.717) is 28.8 Å². The first-order valence-corrected chi connectivity index (χ1v) is 10.7. The summed E-state index contributed by atoms with van der Waals surface area (Å²) in [4.78, 5) is 13.9. The third-order valence-corrected chi connectivity index (χ3v) is 6.00. The van der Waals surface area contributed by atoms with Crippen molar-refractivity contribution < 1.29 is 19.1 Å². The molecule has 1 fully saturated rings. The molecular weight excluding hydrogens is 404 g/mol. The average molecular weight is 430 g/mol. The van der Waals surface area contributed by atoms with Crippen molar-refractivity contribution in [2.45, 2.75) is 32.2 Å². The molecule has 2 heterocycles. The minimum Gasteiger partial charge on any atom is -0.495 e. The van der Waals surface area contributed by atoms with Crippen LogP contribution in [0.25, 0.3) is 11.0 Å². The van der Waals surface area contributed by atoms with Gasteiger partial charge in [0.2, 0.25) is 5.91 Å². The molecule has 30 heavy (non-hydrogen) atoms. The number of amides is 1. The van der Waals surface area contributed by atoms with Crippen molar-refractivity contribution in [3.05, 3.63) is 47.0 Å². The summed E-state index contributed by atoms with van der Waals surface area (Å²) in [7, 11) is 1.57. The molecular formula is C22H26ClN4O3+. The molecule has 7 nitrogen and oxygen atoms in total. The number of carbonyl (C=O) groups excluding carboxylic acids is 1. The lowest BCUT2D eigenvalue weighted by atomic mass is 9.93. The quantitative estimate of drug-likeness (QED) is 0.603. The number of rotatable bonds is 7. The summed E-state index contributed by atoms with van der Waals surface area (Å²) < 4.78 is 9.93. The summed E-state index contributed by atoms with van der Waals surface area (Å²) in [6, 6.07) is 11.4. The number of nitrogens with one attached hydrogen (secondary N) is 2. The topological polar surface area (TPSA) is 81.7 Å². The smallest absolute Gasteiger partial charge is 0.224 e. The van der Waals surface area contributed by atoms with Crippen LogP contribution in [-0.2, 0) is 11.3 Å². The summed E-state index contributed by atoms with van der Waals surface area (Å²) >= 11 is 6.13. The number of hydrogen-bond donors (Lipinski definition) is 2. The third-order valence-electron chi connectivity index (χ3n) is 5.71. The number of halogens is 1. The summed E-state index contributed by atoms with van der Waals surface area (Å²) in [5.74, 6) is 1.17. The predicted octanol–water partition coefficient (Wildman–Crippen LogP) is 3.10. The van der Waals surface area contributed by atoms with Crippen LogP contribution >= 0.6 is 11.6 Å². The number of benzene rings is 2. The van der Waals surface area contributed by atoms with Gasteiger partial charge in [-0.25, -0.2) is 4.63 Å². The molecule has 158 valence electrons. The fourth-order valence-corrected chi connectivity index (χ4v) is 4.45. The Bertz CT molecular complexity index is 1020. The van der Waals surface area contributed by atoms with Gasteiger partial charge in [0.1, 0.15) is 23.3 Å². The molecule has 2 atom stereocenters. The highest BCUT2D eigenvalue weighted by Crippen LogP contribution is 2.27. The van der Waals surface area contributed by atoms with E-state index in [-0.39, 0.29) is 5.91 Å². The van der Waals surface area contributed by atoms with Gasteiger partial charge < -0.3 is 15.0 Å². The maximum absolute atomic E-state index is 12.4. The highest BCUT2D eigenvalue weighted by atomic mass is 35.5. The molecule has 0 saturated carbocycles. The van der Waals surface area contributed by atoms with Crippen molar-refractivity contribution in [3.8, 4) is 5.75 Å². The number of carbonyl (C=O) groups is 1. The van der Waals surface area contributed by atoms with Crippen LogP contribution < -0.4 is 15.0 Å². The van der Waals surface area contributed by atoms with Crippen molar-refractivity contribution in [2.75, 3.05) is 25.5 Å². The van der Waals surface area contributed by atoms with Gasteiger partial charge in [0, 0.05) is 23.6 Å². The van der Waals surface area contributed by atoms with E-state index in [1.807, 2.05) is 6.07 Å². The molecule has 1 amide bonds. The fraction of sp³-hybridized carbons (Fsp3) is 0.409. The SMILES string of the molecule is COc1ccc(NC(=O)CCC2CCC[NH+](Cc3ccc4nonc4c3)C2)cc1Cl. The second kappa shape index (κ2) is 9.45. The Kier molecular flexibility index (Phi) is 6.50. The lowest BCUT2D eigenvalue weighted by Crippen LogP contribution is -3.12. The van der Waals surface area contributed by atoms with Crippen LogP contribution in [0, 0.1) is 5.92 Å². The molecule has 0 bridgehead atoms. The third kappa shape index (κ3) is 5.09. The lowest BCUT2D eigenvalue weighted by molar-refractivity contribution is -0.922. The Morgan fingerprint density at radius 1 is 1.27 bits per heavy atom. The second-order valence-electron chi connectivity index (χ2n) is 7.91. The lowest BCUT2D eigenvalue weighted by Gasteiger charge is -2.30. The van der Waals surface area contributed by atoms with Crippen molar-refractivity contribution in [3.63, 3.8) is 0 Å². The minimum atomic E-state index is 0.0207. The fourth-order valence-electron chi connectivity index (χ4n) is 4.19. The van der Waals surface area contributed by atoms with E-state index < -0.39 is 0 Å². The Morgan fingerprint density at radius 3 is 2.97 bits per heavy atom. The van der Waals surface area contributed by atoms with Crippen LogP contribution in [0.1, 0.15) is 31.2 Å². The molecule has 0 radical (unpaired) electrons. The Balaban J connectivity index is 1.26. The maximum Gasteiger partial charge on any atom is 0.224 e. The van der Waals surface area contributed by atoms with Gasteiger partial charge in [-0.2, -0.15) is 0 Å². The van der Waals surface area contributed by atoms with Crippen LogP contribution in [0.4, 0.5) is 5.69 Å². The Morgan fingerprint density at radius 2 is 2.13 bits per heavy atom. The van der Waals surface area contributed by atoms with E-state index in [4.69, 9.17) is 21.0 Å². The van der Waals surface area contributed by atoms with Gasteiger partial charge in [-0.1, -0.05) is 17.7 Å². The number of quaternary nitrogens is 1. The van der Waals surface area contributed by atoms with Crippen LogP contribution in [0.5, 0.6) is 5.75 Å². The predicted molar refractivity (Wildman–Crippen MR) is 115 cm³/mol. The minimum absolute atomic E-state index is 0.0207. The monoisotopic (exact) mass is 429 g/mol. The number of ether oxygens (including phenoxy) is 1. The van der Waals surface area contributed by atoms with E-state index in [9.17, 15) is 4.79 Å². The van der Waals surface area contributed by atoms with Gasteiger partial charge in [0.15, 0.2) is 0 Å². The average Bonchev–Trinajstić information content (AvgIpc) is 3.21. The molecule has 2 N–H and O–H groups in total. The van der Waals surface area contributed by atoms with Crippen molar-refractivity contribution in [2.24, 2.45) is 5.92 Å². The van der Waals surface area contributed by atoms with Crippen LogP contribution in [0.2, 0.25) is 5.02 Å². The number of aromatic nitrogens is 2. The van der Waals surface area contributed by atoms with Gasteiger partial charge in [-0.15, -0.1) is 0 Å². The van der Waals surface area contributed by atoms with Crippen LogP contribution in [0.15, 0.2) is 41.0 Å². The molecule has 1 aliphatic rings. The number of methoxy groups -OCH3 is 1. The first-order valence-electron chi connectivity index (χ1n) is 10.3. The molecule has 3 aromatic rings. The molecule has 1 aromatic heterocycles. The van der Waals surface area contributed by atoms with E-state index in [1.165, 1.54) is 18.4 Å². The highest BCUT2D eigenvalue weighted by molar-refractivity contribution is 6.32. The normalized spacial score (nSPS) is 19.0. The van der Waals surface area contributed by atoms with Crippen molar-refractivity contribution >= 4 is 34.2 Å². The maximum atomic E-state index is 12.4. The zero-order valence-electron chi connectivity index (χ0n) is 17.0. The van der Waals surface area contributed by atoms with Gasteiger partial charge in [0.25, 0.3) is 0 Å². The molecule has 0 spiro atoms. The first kappa shape index (κ1) is 20.6. The van der Waals surface area contributed by atoms with Crippen LogP contribution in [0.3, 0.4) is 0 Å². The molecule has 8 heteroatoms. The van der Waals surface area contributed by atoms with Gasteiger partial charge >= 0.3 is 0 Å². The van der Waals surface area contributed by atoms with Gasteiger partial charge in [0.05, 0.1) is 25.2 Å². The standard InChI is InChI=1S/C22H25ClN4O3/c1-29-21-8-6-17(12-18(21)23)24-22(28)9-5-15-3-2-10-27(13-15)14-16-4-7-19-20(11-16)26-30-25-19/h4,6-8,11-12,15H,2-3,5,9-10,13-14H2,1H3,(H,24,28)/p+1. The highest BCUT2D eigenvalue weighted by Gasteiger charge is 2.24. The number of piperidine rings is 1. The molecule has 1 saturated heterocycles. The molecule has 2 aromatic carbocycles. The largest absolute Gasteiger partial charge is 0.495 e. The summed E-state index contributed by atoms with van der Waals surface area (Å²) in [6.45, 7) is 3.19. The van der Waals surface area contributed by atoms with Crippen LogP contribution in [-0.4, -0.2) is 36.4 Å². The van der Waals surface area contributed by atoms with Crippen molar-refractivity contribution in [1.82, 2.24) is 10.3 Å². The zero-order valence-corrected chi connectivity index (χ0v) is 17.7. The van der Waals surface area contributed by atoms with Gasteiger partial charge in [-0.3, -0.25) is 4.79 Å². The second-order valence-corrected chi connectivity index (χ2v) is 8.32. The Hall–Kier alpha value is -2.64. The van der Waals surface area contributed by atoms with Crippen molar-refractivity contribution in [1.29, 1.82) is 0 Å². The molecule has 0 aliphatic carbocycles.